The molecule has 0 aliphatic rings. The zero-order valence-electron chi connectivity index (χ0n) is 6.78. The Morgan fingerprint density at radius 3 is 2.62 bits per heavy atom. The molecule has 1 aromatic carbocycles. The van der Waals surface area contributed by atoms with Gasteiger partial charge in [-0.3, -0.25) is 14.9 Å². The lowest BCUT2D eigenvalue weighted by Crippen LogP contribution is -1.96. The molecule has 0 aromatic heterocycles. The number of carbonyl (C=O) groups excluding carboxylic acids is 1. The van der Waals surface area contributed by atoms with Gasteiger partial charge in [0.05, 0.1) is 4.92 Å². The molecule has 13 heavy (non-hydrogen) atoms. The van der Waals surface area contributed by atoms with E-state index in [2.05, 4.69) is 15.9 Å². The SMILES string of the molecule is Cc1c([N+](=O)[O-])ccc(Br)c1C=O. The van der Waals surface area contributed by atoms with Crippen LogP contribution in [0.3, 0.4) is 0 Å². The highest BCUT2D eigenvalue weighted by atomic mass is 79.9. The molecule has 0 radical (unpaired) electrons. The number of hydrogen-bond donors (Lipinski definition) is 0. The lowest BCUT2D eigenvalue weighted by atomic mass is 10.1. The summed E-state index contributed by atoms with van der Waals surface area (Å²) in [4.78, 5) is 20.5. The summed E-state index contributed by atoms with van der Waals surface area (Å²) < 4.78 is 0.575. The summed E-state index contributed by atoms with van der Waals surface area (Å²) in [7, 11) is 0. The second kappa shape index (κ2) is 3.66. The summed E-state index contributed by atoms with van der Waals surface area (Å²) in [5.41, 5.74) is 0.675. The van der Waals surface area contributed by atoms with Crippen molar-refractivity contribution < 1.29 is 9.72 Å². The molecule has 0 aliphatic heterocycles. The Labute approximate surface area is 82.8 Å². The quantitative estimate of drug-likeness (QED) is 0.456. The smallest absolute Gasteiger partial charge is 0.273 e. The highest BCUT2D eigenvalue weighted by molar-refractivity contribution is 9.10. The first kappa shape index (κ1) is 9.85. The van der Waals surface area contributed by atoms with Gasteiger partial charge in [0.15, 0.2) is 6.29 Å². The third-order valence-electron chi connectivity index (χ3n) is 1.75. The number of benzene rings is 1. The first-order valence-corrected chi connectivity index (χ1v) is 4.26. The fourth-order valence-corrected chi connectivity index (χ4v) is 1.55. The van der Waals surface area contributed by atoms with E-state index in [0.717, 1.165) is 0 Å². The molecule has 4 nitrogen and oxygen atoms in total. The summed E-state index contributed by atoms with van der Waals surface area (Å²) in [5.74, 6) is 0. The van der Waals surface area contributed by atoms with Crippen molar-refractivity contribution >= 4 is 27.9 Å². The molecule has 68 valence electrons. The first-order chi connectivity index (χ1) is 6.07. The van der Waals surface area contributed by atoms with Crippen molar-refractivity contribution in [2.24, 2.45) is 0 Å². The van der Waals surface area contributed by atoms with Crippen molar-refractivity contribution in [3.05, 3.63) is 37.8 Å². The van der Waals surface area contributed by atoms with E-state index in [4.69, 9.17) is 0 Å². The molecule has 1 rings (SSSR count). The van der Waals surface area contributed by atoms with Gasteiger partial charge >= 0.3 is 0 Å². The van der Waals surface area contributed by atoms with Gasteiger partial charge in [0, 0.05) is 21.7 Å². The molecule has 0 saturated heterocycles. The monoisotopic (exact) mass is 243 g/mol. The average Bonchev–Trinajstić information content (AvgIpc) is 2.04. The number of carbonyl (C=O) groups is 1. The Morgan fingerprint density at radius 2 is 2.15 bits per heavy atom. The maximum Gasteiger partial charge on any atom is 0.273 e. The van der Waals surface area contributed by atoms with Gasteiger partial charge in [0.2, 0.25) is 0 Å². The van der Waals surface area contributed by atoms with Crippen molar-refractivity contribution in [2.75, 3.05) is 0 Å². The van der Waals surface area contributed by atoms with Crippen LogP contribution in [0.5, 0.6) is 0 Å². The highest BCUT2D eigenvalue weighted by Gasteiger charge is 2.15. The molecular formula is C8H6BrNO3. The number of halogens is 1. The van der Waals surface area contributed by atoms with Crippen molar-refractivity contribution in [1.29, 1.82) is 0 Å². The van der Waals surface area contributed by atoms with Gasteiger partial charge < -0.3 is 0 Å². The molecule has 5 heteroatoms. The predicted octanol–water partition coefficient (Wildman–Crippen LogP) is 2.48. The fraction of sp³-hybridized carbons (Fsp3) is 0.125. The van der Waals surface area contributed by atoms with E-state index in [1.54, 1.807) is 6.92 Å². The number of nitro benzene ring substituents is 1. The summed E-state index contributed by atoms with van der Waals surface area (Å²) in [6.45, 7) is 1.55. The predicted molar refractivity (Wildman–Crippen MR) is 50.9 cm³/mol. The molecule has 0 fully saturated rings. The minimum absolute atomic E-state index is 0.0368. The Balaban J connectivity index is 3.44. The maximum absolute atomic E-state index is 10.6. The summed E-state index contributed by atoms with van der Waals surface area (Å²) >= 11 is 3.14. The van der Waals surface area contributed by atoms with Crippen LogP contribution in [0.1, 0.15) is 15.9 Å². The van der Waals surface area contributed by atoms with Gasteiger partial charge in [0.1, 0.15) is 0 Å². The third-order valence-corrected chi connectivity index (χ3v) is 2.44. The minimum Gasteiger partial charge on any atom is -0.298 e. The van der Waals surface area contributed by atoms with Gasteiger partial charge in [0.25, 0.3) is 5.69 Å². The zero-order valence-corrected chi connectivity index (χ0v) is 8.37. The summed E-state index contributed by atoms with van der Waals surface area (Å²) in [6.07, 6.45) is 0.604. The van der Waals surface area contributed by atoms with Gasteiger partial charge in [-0.25, -0.2) is 0 Å². The lowest BCUT2D eigenvalue weighted by molar-refractivity contribution is -0.385. The highest BCUT2D eigenvalue weighted by Crippen LogP contribution is 2.26. The molecular weight excluding hydrogens is 238 g/mol. The van der Waals surface area contributed by atoms with Crippen LogP contribution in [0.25, 0.3) is 0 Å². The maximum atomic E-state index is 10.6. The third kappa shape index (κ3) is 1.75. The van der Waals surface area contributed by atoms with Crippen LogP contribution in [-0.2, 0) is 0 Å². The Morgan fingerprint density at radius 1 is 1.54 bits per heavy atom. The Bertz CT molecular complexity index is 376. The lowest BCUT2D eigenvalue weighted by Gasteiger charge is -2.01. The van der Waals surface area contributed by atoms with Crippen LogP contribution >= 0.6 is 15.9 Å². The first-order valence-electron chi connectivity index (χ1n) is 3.46. The second-order valence-corrected chi connectivity index (χ2v) is 3.33. The van der Waals surface area contributed by atoms with E-state index in [0.29, 0.717) is 21.9 Å². The second-order valence-electron chi connectivity index (χ2n) is 2.48. The normalized spacial score (nSPS) is 9.69. The topological polar surface area (TPSA) is 60.2 Å². The molecule has 0 spiro atoms. The van der Waals surface area contributed by atoms with Gasteiger partial charge in [-0.15, -0.1) is 0 Å². The van der Waals surface area contributed by atoms with Crippen molar-refractivity contribution in [3.8, 4) is 0 Å². The number of hydrogen-bond acceptors (Lipinski definition) is 3. The summed E-state index contributed by atoms with van der Waals surface area (Å²) in [6, 6.07) is 2.86. The van der Waals surface area contributed by atoms with Gasteiger partial charge in [-0.1, -0.05) is 15.9 Å². The fourth-order valence-electron chi connectivity index (χ4n) is 1.03. The van der Waals surface area contributed by atoms with E-state index in [-0.39, 0.29) is 5.69 Å². The van der Waals surface area contributed by atoms with Crippen molar-refractivity contribution in [3.63, 3.8) is 0 Å². The van der Waals surface area contributed by atoms with Crippen LogP contribution in [-0.4, -0.2) is 11.2 Å². The Kier molecular flexibility index (Phi) is 2.77. The van der Waals surface area contributed by atoms with Crippen molar-refractivity contribution in [2.45, 2.75) is 6.92 Å². The van der Waals surface area contributed by atoms with E-state index in [1.807, 2.05) is 0 Å². The molecule has 0 heterocycles. The minimum atomic E-state index is -0.505. The Hall–Kier alpha value is -1.23. The van der Waals surface area contributed by atoms with E-state index >= 15 is 0 Å². The molecule has 0 unspecified atom stereocenters. The van der Waals surface area contributed by atoms with Crippen molar-refractivity contribution in [1.82, 2.24) is 0 Å². The van der Waals surface area contributed by atoms with E-state index in [9.17, 15) is 14.9 Å². The number of aldehydes is 1. The van der Waals surface area contributed by atoms with E-state index in [1.165, 1.54) is 12.1 Å². The van der Waals surface area contributed by atoms with Crippen LogP contribution in [0.15, 0.2) is 16.6 Å². The number of nitro groups is 1. The van der Waals surface area contributed by atoms with Crippen LogP contribution in [0.4, 0.5) is 5.69 Å². The average molecular weight is 244 g/mol. The molecule has 0 aliphatic carbocycles. The molecule has 0 bridgehead atoms. The number of nitrogens with zero attached hydrogens (tertiary/aromatic N) is 1. The molecule has 0 N–H and O–H groups in total. The number of rotatable bonds is 2. The van der Waals surface area contributed by atoms with Gasteiger partial charge in [-0.05, 0) is 13.0 Å². The molecule has 0 saturated carbocycles. The molecule has 0 amide bonds. The van der Waals surface area contributed by atoms with E-state index < -0.39 is 4.92 Å². The van der Waals surface area contributed by atoms with Crippen LogP contribution in [0, 0.1) is 17.0 Å². The molecule has 1 aromatic rings. The zero-order chi connectivity index (χ0) is 10.0. The van der Waals surface area contributed by atoms with Gasteiger partial charge in [-0.2, -0.15) is 0 Å². The van der Waals surface area contributed by atoms with Crippen LogP contribution in [0.2, 0.25) is 0 Å². The standard InChI is InChI=1S/C8H6BrNO3/c1-5-6(4-11)7(9)2-3-8(5)10(12)13/h2-4H,1H3. The summed E-state index contributed by atoms with van der Waals surface area (Å²) in [5, 5.41) is 10.5. The largest absolute Gasteiger partial charge is 0.298 e. The molecule has 0 atom stereocenters. The van der Waals surface area contributed by atoms with Crippen LogP contribution < -0.4 is 0 Å².